The molecule has 0 bridgehead atoms. The number of aromatic amines is 1. The van der Waals surface area contributed by atoms with E-state index >= 15 is 0 Å². The maximum atomic E-state index is 12.1. The summed E-state index contributed by atoms with van der Waals surface area (Å²) in [5.41, 5.74) is 5.31. The fourth-order valence-electron chi connectivity index (χ4n) is 1.80. The van der Waals surface area contributed by atoms with Gasteiger partial charge in [0, 0.05) is 11.8 Å². The van der Waals surface area contributed by atoms with Gasteiger partial charge < -0.3 is 14.5 Å². The van der Waals surface area contributed by atoms with E-state index < -0.39 is 11.8 Å². The van der Waals surface area contributed by atoms with Crippen molar-refractivity contribution >= 4 is 11.8 Å². The first-order chi connectivity index (χ1) is 11.2. The number of hydrogen-bond acceptors (Lipinski definition) is 4. The average Bonchev–Trinajstić information content (AvgIpc) is 3.12. The molecule has 2 rings (SSSR count). The van der Waals surface area contributed by atoms with Crippen LogP contribution in [0.15, 0.2) is 49.2 Å². The fourth-order valence-corrected chi connectivity index (χ4v) is 1.80. The van der Waals surface area contributed by atoms with Crippen molar-refractivity contribution in [3.63, 3.8) is 0 Å². The van der Waals surface area contributed by atoms with Crippen LogP contribution in [-0.4, -0.2) is 30.5 Å². The molecule has 0 atom stereocenters. The van der Waals surface area contributed by atoms with Gasteiger partial charge >= 0.3 is 0 Å². The summed E-state index contributed by atoms with van der Waals surface area (Å²) in [4.78, 5) is 26.5. The summed E-state index contributed by atoms with van der Waals surface area (Å²) in [6.45, 7) is 3.89. The third kappa shape index (κ3) is 4.13. The number of nitrogens with one attached hydrogen (secondary N) is 3. The molecule has 0 aliphatic carbocycles. The van der Waals surface area contributed by atoms with Gasteiger partial charge in [0.25, 0.3) is 11.8 Å². The molecule has 120 valence electrons. The van der Waals surface area contributed by atoms with E-state index in [1.54, 1.807) is 36.5 Å². The average molecular weight is 315 g/mol. The summed E-state index contributed by atoms with van der Waals surface area (Å²) in [7, 11) is 1.48. The molecule has 1 heterocycles. The Morgan fingerprint density at radius 3 is 2.65 bits per heavy atom. The second-order valence-corrected chi connectivity index (χ2v) is 4.46. The molecule has 0 aliphatic rings. The summed E-state index contributed by atoms with van der Waals surface area (Å²) < 4.78 is 10.6. The van der Waals surface area contributed by atoms with E-state index in [2.05, 4.69) is 22.4 Å². The number of methoxy groups -OCH3 is 1. The molecule has 0 fully saturated rings. The quantitative estimate of drug-likeness (QED) is 0.558. The van der Waals surface area contributed by atoms with Crippen molar-refractivity contribution in [2.24, 2.45) is 0 Å². The molecule has 0 spiro atoms. The number of carbonyl (C=O) groups excluding carboxylic acids is 2. The summed E-state index contributed by atoms with van der Waals surface area (Å²) >= 11 is 0. The zero-order valence-electron chi connectivity index (χ0n) is 12.6. The van der Waals surface area contributed by atoms with E-state index in [-0.39, 0.29) is 0 Å². The minimum atomic E-state index is -0.474. The molecule has 0 aliphatic heterocycles. The first-order valence-electron chi connectivity index (χ1n) is 6.81. The predicted molar refractivity (Wildman–Crippen MR) is 84.4 cm³/mol. The number of H-pyrrole nitrogens is 1. The molecule has 7 heteroatoms. The molecular formula is C16H17N3O4. The van der Waals surface area contributed by atoms with Crippen LogP contribution < -0.4 is 20.3 Å². The van der Waals surface area contributed by atoms with Crippen LogP contribution in [-0.2, 0) is 0 Å². The van der Waals surface area contributed by atoms with Gasteiger partial charge in [-0.25, -0.2) is 0 Å². The number of hydrazine groups is 1. The Balaban J connectivity index is 2.01. The third-order valence-corrected chi connectivity index (χ3v) is 2.91. The zero-order chi connectivity index (χ0) is 16.7. The summed E-state index contributed by atoms with van der Waals surface area (Å²) in [5.74, 6) is -0.00528. The van der Waals surface area contributed by atoms with Crippen LogP contribution in [0.3, 0.4) is 0 Å². The monoisotopic (exact) mass is 315 g/mol. The van der Waals surface area contributed by atoms with Gasteiger partial charge in [-0.3, -0.25) is 20.4 Å². The molecule has 3 N–H and O–H groups in total. The zero-order valence-corrected chi connectivity index (χ0v) is 12.6. The Bertz CT molecular complexity index is 695. The van der Waals surface area contributed by atoms with E-state index in [0.717, 1.165) is 0 Å². The highest BCUT2D eigenvalue weighted by Crippen LogP contribution is 2.27. The lowest BCUT2D eigenvalue weighted by Gasteiger charge is -2.11. The lowest BCUT2D eigenvalue weighted by Crippen LogP contribution is -2.41. The second kappa shape index (κ2) is 7.69. The van der Waals surface area contributed by atoms with Crippen LogP contribution in [0.25, 0.3) is 0 Å². The molecule has 1 aromatic heterocycles. The predicted octanol–water partition coefficient (Wildman–Crippen LogP) is 1.66. The Hall–Kier alpha value is -3.22. The maximum Gasteiger partial charge on any atom is 0.286 e. The number of carbonyl (C=O) groups is 2. The van der Waals surface area contributed by atoms with Crippen LogP contribution in [0.2, 0.25) is 0 Å². The van der Waals surface area contributed by atoms with E-state index in [9.17, 15) is 9.59 Å². The third-order valence-electron chi connectivity index (χ3n) is 2.91. The highest BCUT2D eigenvalue weighted by molar-refractivity contribution is 5.98. The Kier molecular flexibility index (Phi) is 5.40. The highest BCUT2D eigenvalue weighted by Gasteiger charge is 2.12. The SMILES string of the molecule is C=CCOc1ccc(C(=O)NNC(=O)c2ccc[nH]2)cc1OC. The molecule has 0 unspecified atom stereocenters. The van der Waals surface area contributed by atoms with E-state index in [4.69, 9.17) is 9.47 Å². The highest BCUT2D eigenvalue weighted by atomic mass is 16.5. The topological polar surface area (TPSA) is 92.5 Å². The lowest BCUT2D eigenvalue weighted by molar-refractivity contribution is 0.0844. The van der Waals surface area contributed by atoms with Gasteiger partial charge in [0.15, 0.2) is 11.5 Å². The smallest absolute Gasteiger partial charge is 0.286 e. The maximum absolute atomic E-state index is 12.1. The number of hydrogen-bond donors (Lipinski definition) is 3. The van der Waals surface area contributed by atoms with Gasteiger partial charge in [0.1, 0.15) is 12.3 Å². The summed E-state index contributed by atoms with van der Waals surface area (Å²) in [5, 5.41) is 0. The second-order valence-electron chi connectivity index (χ2n) is 4.46. The van der Waals surface area contributed by atoms with Crippen LogP contribution >= 0.6 is 0 Å². The van der Waals surface area contributed by atoms with Crippen molar-refractivity contribution in [1.29, 1.82) is 0 Å². The van der Waals surface area contributed by atoms with Crippen LogP contribution in [0.5, 0.6) is 11.5 Å². The summed E-state index contributed by atoms with van der Waals surface area (Å²) in [6, 6.07) is 7.98. The normalized spacial score (nSPS) is 9.78. The number of ether oxygens (including phenoxy) is 2. The number of amides is 2. The lowest BCUT2D eigenvalue weighted by atomic mass is 10.2. The minimum absolute atomic E-state index is 0.319. The molecule has 0 saturated heterocycles. The van der Waals surface area contributed by atoms with Crippen molar-refractivity contribution in [1.82, 2.24) is 15.8 Å². The van der Waals surface area contributed by atoms with Crippen molar-refractivity contribution in [3.05, 3.63) is 60.4 Å². The van der Waals surface area contributed by atoms with E-state index in [1.807, 2.05) is 0 Å². The van der Waals surface area contributed by atoms with Crippen LogP contribution in [0, 0.1) is 0 Å². The first-order valence-corrected chi connectivity index (χ1v) is 6.81. The van der Waals surface area contributed by atoms with Gasteiger partial charge in [0.2, 0.25) is 0 Å². The molecule has 7 nitrogen and oxygen atoms in total. The van der Waals surface area contributed by atoms with Crippen molar-refractivity contribution in [2.75, 3.05) is 13.7 Å². The van der Waals surface area contributed by atoms with Crippen LogP contribution in [0.4, 0.5) is 0 Å². The number of benzene rings is 1. The van der Waals surface area contributed by atoms with Crippen LogP contribution in [0.1, 0.15) is 20.8 Å². The Labute approximate surface area is 133 Å². The van der Waals surface area contributed by atoms with Gasteiger partial charge in [-0.15, -0.1) is 0 Å². The van der Waals surface area contributed by atoms with Gasteiger partial charge in [-0.1, -0.05) is 12.7 Å². The van der Waals surface area contributed by atoms with Crippen molar-refractivity contribution in [2.45, 2.75) is 0 Å². The minimum Gasteiger partial charge on any atom is -0.493 e. The van der Waals surface area contributed by atoms with Crippen molar-refractivity contribution < 1.29 is 19.1 Å². The molecule has 1 aromatic carbocycles. The Morgan fingerprint density at radius 2 is 2.00 bits per heavy atom. The van der Waals surface area contributed by atoms with Gasteiger partial charge in [0.05, 0.1) is 7.11 Å². The van der Waals surface area contributed by atoms with Gasteiger partial charge in [-0.05, 0) is 30.3 Å². The van der Waals surface area contributed by atoms with Gasteiger partial charge in [-0.2, -0.15) is 0 Å². The molecule has 0 radical (unpaired) electrons. The molecule has 2 amide bonds. The Morgan fingerprint density at radius 1 is 1.22 bits per heavy atom. The fraction of sp³-hybridized carbons (Fsp3) is 0.125. The van der Waals surface area contributed by atoms with E-state index in [0.29, 0.717) is 29.4 Å². The molecule has 2 aromatic rings. The number of aromatic nitrogens is 1. The van der Waals surface area contributed by atoms with E-state index in [1.165, 1.54) is 13.2 Å². The van der Waals surface area contributed by atoms with Crippen molar-refractivity contribution in [3.8, 4) is 11.5 Å². The summed E-state index contributed by atoms with van der Waals surface area (Å²) in [6.07, 6.45) is 3.22. The molecule has 0 saturated carbocycles. The molecule has 23 heavy (non-hydrogen) atoms. The standard InChI is InChI=1S/C16H17N3O4/c1-3-9-23-13-7-6-11(10-14(13)22-2)15(20)18-19-16(21)12-5-4-8-17-12/h3-8,10,17H,1,9H2,2H3,(H,18,20)(H,19,21). The first kappa shape index (κ1) is 16.2. The molecular weight excluding hydrogens is 298 g/mol. The number of rotatable bonds is 6. The largest absolute Gasteiger partial charge is 0.493 e.